The lowest BCUT2D eigenvalue weighted by atomic mass is 10.2. The van der Waals surface area contributed by atoms with E-state index in [1.807, 2.05) is 6.92 Å². The molecule has 1 N–H and O–H groups in total. The zero-order chi connectivity index (χ0) is 12.5. The maximum absolute atomic E-state index is 11.7. The van der Waals surface area contributed by atoms with Gasteiger partial charge in [-0.15, -0.1) is 0 Å². The van der Waals surface area contributed by atoms with E-state index >= 15 is 0 Å². The number of rotatable bonds is 5. The maximum atomic E-state index is 11.7. The quantitative estimate of drug-likeness (QED) is 0.813. The van der Waals surface area contributed by atoms with Gasteiger partial charge in [-0.3, -0.25) is 4.18 Å². The van der Waals surface area contributed by atoms with E-state index in [0.717, 1.165) is 18.4 Å². The average Bonchev–Trinajstić information content (AvgIpc) is 2.97. The van der Waals surface area contributed by atoms with Gasteiger partial charge in [0.1, 0.15) is 0 Å². The maximum Gasteiger partial charge on any atom is 0.296 e. The summed E-state index contributed by atoms with van der Waals surface area (Å²) in [5.74, 6) is 0. The van der Waals surface area contributed by atoms with Crippen molar-refractivity contribution in [3.63, 3.8) is 0 Å². The molecule has 1 fully saturated rings. The zero-order valence-corrected chi connectivity index (χ0v) is 10.5. The molecule has 0 heterocycles. The highest BCUT2D eigenvalue weighted by Gasteiger charge is 2.40. The summed E-state index contributed by atoms with van der Waals surface area (Å²) in [6.07, 6.45) is 1.85. The van der Waals surface area contributed by atoms with Crippen molar-refractivity contribution >= 4 is 10.1 Å². The minimum Gasteiger partial charge on any atom is -0.390 e. The van der Waals surface area contributed by atoms with Crippen LogP contribution in [0.2, 0.25) is 0 Å². The molecular weight excluding hydrogens is 240 g/mol. The fourth-order valence-corrected chi connectivity index (χ4v) is 2.42. The van der Waals surface area contributed by atoms with Crippen LogP contribution in [0.4, 0.5) is 0 Å². The van der Waals surface area contributed by atoms with E-state index in [9.17, 15) is 13.5 Å². The van der Waals surface area contributed by atoms with Crippen LogP contribution in [0, 0.1) is 6.92 Å². The van der Waals surface area contributed by atoms with Crippen LogP contribution in [0.3, 0.4) is 0 Å². The number of aryl methyl sites for hydroxylation is 1. The standard InChI is InChI=1S/C12H16O4S/c1-10-2-4-11(5-3-10)17(14,15)16-9-8-12(13)6-7-12/h2-5,13H,6-9H2,1H3. The van der Waals surface area contributed by atoms with Crippen LogP contribution in [0.25, 0.3) is 0 Å². The summed E-state index contributed by atoms with van der Waals surface area (Å²) >= 11 is 0. The molecule has 1 aromatic rings. The predicted octanol–water partition coefficient (Wildman–Crippen LogP) is 1.62. The highest BCUT2D eigenvalue weighted by atomic mass is 32.2. The molecule has 0 radical (unpaired) electrons. The van der Waals surface area contributed by atoms with Crippen molar-refractivity contribution < 1.29 is 17.7 Å². The summed E-state index contributed by atoms with van der Waals surface area (Å²) < 4.78 is 28.4. The Morgan fingerprint density at radius 1 is 1.29 bits per heavy atom. The molecule has 0 unspecified atom stereocenters. The molecule has 0 aliphatic heterocycles. The largest absolute Gasteiger partial charge is 0.390 e. The Balaban J connectivity index is 1.96. The molecule has 5 heteroatoms. The molecule has 94 valence electrons. The smallest absolute Gasteiger partial charge is 0.296 e. The topological polar surface area (TPSA) is 63.6 Å². The normalized spacial score (nSPS) is 18.0. The molecule has 0 amide bonds. The van der Waals surface area contributed by atoms with Crippen molar-refractivity contribution in [1.29, 1.82) is 0 Å². The van der Waals surface area contributed by atoms with Gasteiger partial charge in [-0.2, -0.15) is 8.42 Å². The molecular formula is C12H16O4S. The van der Waals surface area contributed by atoms with Crippen LogP contribution in [0.5, 0.6) is 0 Å². The van der Waals surface area contributed by atoms with Crippen molar-refractivity contribution in [3.05, 3.63) is 29.8 Å². The van der Waals surface area contributed by atoms with E-state index in [1.165, 1.54) is 12.1 Å². The number of hydrogen-bond acceptors (Lipinski definition) is 4. The lowest BCUT2D eigenvalue weighted by Gasteiger charge is -2.08. The van der Waals surface area contributed by atoms with Gasteiger partial charge in [-0.1, -0.05) is 17.7 Å². The Kier molecular flexibility index (Phi) is 3.25. The van der Waals surface area contributed by atoms with Crippen molar-refractivity contribution in [2.45, 2.75) is 36.7 Å². The van der Waals surface area contributed by atoms with Crippen molar-refractivity contribution in [3.8, 4) is 0 Å². The monoisotopic (exact) mass is 256 g/mol. The molecule has 0 aromatic heterocycles. The first kappa shape index (κ1) is 12.5. The summed E-state index contributed by atoms with van der Waals surface area (Å²) in [6.45, 7) is 1.92. The van der Waals surface area contributed by atoms with E-state index in [0.29, 0.717) is 6.42 Å². The summed E-state index contributed by atoms with van der Waals surface area (Å²) in [4.78, 5) is 0.158. The van der Waals surface area contributed by atoms with Crippen molar-refractivity contribution in [2.75, 3.05) is 6.61 Å². The van der Waals surface area contributed by atoms with Gasteiger partial charge >= 0.3 is 0 Å². The van der Waals surface area contributed by atoms with Gasteiger partial charge < -0.3 is 5.11 Å². The first-order chi connectivity index (χ1) is 7.91. The van der Waals surface area contributed by atoms with Gasteiger partial charge in [-0.05, 0) is 31.9 Å². The van der Waals surface area contributed by atoms with E-state index in [4.69, 9.17) is 4.18 Å². The van der Waals surface area contributed by atoms with Crippen LogP contribution in [-0.4, -0.2) is 25.7 Å². The Morgan fingerprint density at radius 2 is 1.88 bits per heavy atom. The van der Waals surface area contributed by atoms with E-state index in [1.54, 1.807) is 12.1 Å². The molecule has 1 aliphatic carbocycles. The average molecular weight is 256 g/mol. The fourth-order valence-electron chi connectivity index (χ4n) is 1.51. The molecule has 4 nitrogen and oxygen atoms in total. The lowest BCUT2D eigenvalue weighted by Crippen LogP contribution is -2.14. The minimum absolute atomic E-state index is 0.0344. The summed E-state index contributed by atoms with van der Waals surface area (Å²) in [7, 11) is -3.68. The zero-order valence-electron chi connectivity index (χ0n) is 9.72. The third-order valence-electron chi connectivity index (χ3n) is 2.94. The van der Waals surface area contributed by atoms with Gasteiger partial charge in [0.15, 0.2) is 0 Å². The molecule has 0 spiro atoms. The first-order valence-electron chi connectivity index (χ1n) is 5.60. The molecule has 17 heavy (non-hydrogen) atoms. The Labute approximate surface area is 101 Å². The van der Waals surface area contributed by atoms with E-state index in [2.05, 4.69) is 0 Å². The third-order valence-corrected chi connectivity index (χ3v) is 4.27. The molecule has 1 saturated carbocycles. The minimum atomic E-state index is -3.68. The number of hydrogen-bond donors (Lipinski definition) is 1. The Bertz CT molecular complexity index is 486. The summed E-state index contributed by atoms with van der Waals surface area (Å²) in [6, 6.07) is 6.50. The number of benzene rings is 1. The lowest BCUT2D eigenvalue weighted by molar-refractivity contribution is 0.119. The van der Waals surface area contributed by atoms with Crippen LogP contribution < -0.4 is 0 Å². The van der Waals surface area contributed by atoms with Gasteiger partial charge in [0.2, 0.25) is 0 Å². The van der Waals surface area contributed by atoms with Crippen LogP contribution in [0.1, 0.15) is 24.8 Å². The molecule has 0 saturated heterocycles. The highest BCUT2D eigenvalue weighted by molar-refractivity contribution is 7.86. The first-order valence-corrected chi connectivity index (χ1v) is 7.01. The van der Waals surface area contributed by atoms with Gasteiger partial charge in [0, 0.05) is 6.42 Å². The Morgan fingerprint density at radius 3 is 2.41 bits per heavy atom. The van der Waals surface area contributed by atoms with Crippen LogP contribution >= 0.6 is 0 Å². The molecule has 2 rings (SSSR count). The fraction of sp³-hybridized carbons (Fsp3) is 0.500. The molecule has 0 bridgehead atoms. The highest BCUT2D eigenvalue weighted by Crippen LogP contribution is 2.38. The van der Waals surface area contributed by atoms with Gasteiger partial charge in [-0.25, -0.2) is 0 Å². The molecule has 1 aliphatic rings. The second-order valence-electron chi connectivity index (χ2n) is 4.56. The van der Waals surface area contributed by atoms with Crippen LogP contribution in [0.15, 0.2) is 29.2 Å². The van der Waals surface area contributed by atoms with Crippen molar-refractivity contribution in [2.24, 2.45) is 0 Å². The second kappa shape index (κ2) is 4.40. The molecule has 1 aromatic carbocycles. The summed E-state index contributed by atoms with van der Waals surface area (Å²) in [5, 5.41) is 9.56. The van der Waals surface area contributed by atoms with E-state index in [-0.39, 0.29) is 11.5 Å². The predicted molar refractivity (Wildman–Crippen MR) is 63.1 cm³/mol. The Hall–Kier alpha value is -0.910. The summed E-state index contributed by atoms with van der Waals surface area (Å²) in [5.41, 5.74) is 0.319. The second-order valence-corrected chi connectivity index (χ2v) is 6.18. The number of aliphatic hydroxyl groups is 1. The molecule has 0 atom stereocenters. The van der Waals surface area contributed by atoms with Gasteiger partial charge in [0.25, 0.3) is 10.1 Å². The van der Waals surface area contributed by atoms with Gasteiger partial charge in [0.05, 0.1) is 17.1 Å². The van der Waals surface area contributed by atoms with Crippen molar-refractivity contribution in [1.82, 2.24) is 0 Å². The van der Waals surface area contributed by atoms with E-state index < -0.39 is 15.7 Å². The third kappa shape index (κ3) is 3.28. The van der Waals surface area contributed by atoms with Crippen LogP contribution in [-0.2, 0) is 14.3 Å². The SMILES string of the molecule is Cc1ccc(S(=O)(=O)OCCC2(O)CC2)cc1.